The predicted molar refractivity (Wildman–Crippen MR) is 84.0 cm³/mol. The average molecular weight is 283 g/mol. The van der Waals surface area contributed by atoms with E-state index in [1.807, 2.05) is 36.9 Å². The summed E-state index contributed by atoms with van der Waals surface area (Å²) in [5, 5.41) is 4.42. The highest BCUT2D eigenvalue weighted by Crippen LogP contribution is 2.20. The molecule has 0 saturated carbocycles. The van der Waals surface area contributed by atoms with Crippen LogP contribution in [0.15, 0.2) is 30.3 Å². The summed E-state index contributed by atoms with van der Waals surface area (Å²) < 4.78 is 0. The molecule has 1 aliphatic rings. The molecule has 4 heteroatoms. The van der Waals surface area contributed by atoms with E-state index in [-0.39, 0.29) is 11.9 Å². The Bertz CT molecular complexity index is 668. The van der Waals surface area contributed by atoms with Crippen molar-refractivity contribution >= 4 is 16.8 Å². The van der Waals surface area contributed by atoms with Gasteiger partial charge >= 0.3 is 0 Å². The summed E-state index contributed by atoms with van der Waals surface area (Å²) in [5.74, 6) is 0.210. The Hall–Kier alpha value is -1.94. The highest BCUT2D eigenvalue weighted by atomic mass is 16.2. The third kappa shape index (κ3) is 2.76. The van der Waals surface area contributed by atoms with Gasteiger partial charge in [0.2, 0.25) is 5.91 Å². The largest absolute Gasteiger partial charge is 0.336 e. The fourth-order valence-electron chi connectivity index (χ4n) is 3.00. The van der Waals surface area contributed by atoms with Gasteiger partial charge in [-0.25, -0.2) is 0 Å². The zero-order valence-electron chi connectivity index (χ0n) is 12.6. The zero-order valence-corrected chi connectivity index (χ0v) is 12.6. The van der Waals surface area contributed by atoms with Gasteiger partial charge in [0, 0.05) is 30.7 Å². The van der Waals surface area contributed by atoms with E-state index >= 15 is 0 Å². The first-order valence-electron chi connectivity index (χ1n) is 7.56. The Morgan fingerprint density at radius 2 is 2.19 bits per heavy atom. The van der Waals surface area contributed by atoms with Crippen LogP contribution in [0.3, 0.4) is 0 Å². The number of aryl methyl sites for hydroxylation is 1. The number of aromatic nitrogens is 1. The molecular weight excluding hydrogens is 262 g/mol. The number of rotatable bonds is 3. The third-order valence-electron chi connectivity index (χ3n) is 4.08. The molecule has 110 valence electrons. The third-order valence-corrected chi connectivity index (χ3v) is 4.08. The maximum Gasteiger partial charge on any atom is 0.240 e. The topological polar surface area (TPSA) is 45.2 Å². The number of fused-ring (bicyclic) bond motifs is 1. The van der Waals surface area contributed by atoms with Crippen LogP contribution in [0.2, 0.25) is 0 Å². The molecule has 1 amide bonds. The van der Waals surface area contributed by atoms with Crippen molar-refractivity contribution in [3.05, 3.63) is 41.6 Å². The first-order chi connectivity index (χ1) is 10.2. The molecular formula is C17H21N3O. The maximum atomic E-state index is 12.4. The first-order valence-corrected chi connectivity index (χ1v) is 7.56. The van der Waals surface area contributed by atoms with Gasteiger partial charge < -0.3 is 10.2 Å². The average Bonchev–Trinajstić information content (AvgIpc) is 2.49. The van der Waals surface area contributed by atoms with Gasteiger partial charge in [0.15, 0.2) is 0 Å². The molecule has 1 N–H and O–H groups in total. The number of nitrogens with zero attached hydrogens (tertiary/aromatic N) is 2. The molecule has 3 rings (SSSR count). The highest BCUT2D eigenvalue weighted by Gasteiger charge is 2.27. The van der Waals surface area contributed by atoms with Crippen LogP contribution in [-0.4, -0.2) is 34.9 Å². The van der Waals surface area contributed by atoms with Gasteiger partial charge in [-0.1, -0.05) is 25.1 Å². The van der Waals surface area contributed by atoms with Crippen molar-refractivity contribution in [1.29, 1.82) is 0 Å². The van der Waals surface area contributed by atoms with Gasteiger partial charge in [0.05, 0.1) is 11.6 Å². The number of carbonyl (C=O) groups is 1. The number of amides is 1. The Kier molecular flexibility index (Phi) is 3.88. The van der Waals surface area contributed by atoms with E-state index in [0.717, 1.165) is 36.1 Å². The fourth-order valence-corrected chi connectivity index (χ4v) is 3.00. The predicted octanol–water partition coefficient (Wildman–Crippen LogP) is 2.25. The molecule has 1 atom stereocenters. The van der Waals surface area contributed by atoms with E-state index in [2.05, 4.69) is 22.4 Å². The monoisotopic (exact) mass is 283 g/mol. The number of benzene rings is 1. The van der Waals surface area contributed by atoms with Gasteiger partial charge in [-0.05, 0) is 31.0 Å². The smallest absolute Gasteiger partial charge is 0.240 e. The molecule has 1 aliphatic heterocycles. The van der Waals surface area contributed by atoms with Gasteiger partial charge in [0.1, 0.15) is 0 Å². The second kappa shape index (κ2) is 5.82. The minimum atomic E-state index is -0.0343. The second-order valence-corrected chi connectivity index (χ2v) is 5.61. The van der Waals surface area contributed by atoms with Gasteiger partial charge in [-0.3, -0.25) is 9.78 Å². The summed E-state index contributed by atoms with van der Waals surface area (Å²) in [6.07, 6.45) is 0.839. The maximum absolute atomic E-state index is 12.4. The quantitative estimate of drug-likeness (QED) is 0.939. The van der Waals surface area contributed by atoms with Crippen LogP contribution >= 0.6 is 0 Å². The van der Waals surface area contributed by atoms with Crippen LogP contribution in [0.4, 0.5) is 0 Å². The highest BCUT2D eigenvalue weighted by molar-refractivity contribution is 5.85. The summed E-state index contributed by atoms with van der Waals surface area (Å²) in [4.78, 5) is 19.0. The van der Waals surface area contributed by atoms with Crippen LogP contribution in [0.5, 0.6) is 0 Å². The van der Waals surface area contributed by atoms with E-state index in [1.54, 1.807) is 0 Å². The number of piperazine rings is 1. The lowest BCUT2D eigenvalue weighted by Crippen LogP contribution is -2.54. The summed E-state index contributed by atoms with van der Waals surface area (Å²) in [7, 11) is 0. The Balaban J connectivity index is 1.92. The summed E-state index contributed by atoms with van der Waals surface area (Å²) >= 11 is 0. The molecule has 2 aromatic rings. The van der Waals surface area contributed by atoms with E-state index in [0.29, 0.717) is 6.54 Å². The van der Waals surface area contributed by atoms with Crippen molar-refractivity contribution in [3.8, 4) is 0 Å². The molecule has 1 aromatic carbocycles. The standard InChI is InChI=1S/C17H21N3O/c1-3-15-17(21)20(9-8-18-15)11-13-10-12(2)19-16-7-5-4-6-14(13)16/h4-7,10,15,18H,3,8-9,11H2,1-2H3. The molecule has 0 spiro atoms. The number of para-hydroxylation sites is 1. The first kappa shape index (κ1) is 14.0. The number of pyridine rings is 1. The zero-order chi connectivity index (χ0) is 14.8. The minimum absolute atomic E-state index is 0.0343. The van der Waals surface area contributed by atoms with Crippen LogP contribution in [0.1, 0.15) is 24.6 Å². The molecule has 2 heterocycles. The summed E-state index contributed by atoms with van der Waals surface area (Å²) in [6.45, 7) is 6.35. The lowest BCUT2D eigenvalue weighted by atomic mass is 10.1. The molecule has 0 aliphatic carbocycles. The van der Waals surface area contributed by atoms with Crippen molar-refractivity contribution in [1.82, 2.24) is 15.2 Å². The summed E-state index contributed by atoms with van der Waals surface area (Å²) in [6, 6.07) is 10.2. The van der Waals surface area contributed by atoms with Crippen LogP contribution < -0.4 is 5.32 Å². The molecule has 0 bridgehead atoms. The molecule has 1 aromatic heterocycles. The number of carbonyl (C=O) groups excluding carboxylic acids is 1. The molecule has 1 unspecified atom stereocenters. The van der Waals surface area contributed by atoms with E-state index < -0.39 is 0 Å². The van der Waals surface area contributed by atoms with Crippen molar-refractivity contribution in [2.45, 2.75) is 32.9 Å². The lowest BCUT2D eigenvalue weighted by molar-refractivity contribution is -0.136. The number of hydrogen-bond acceptors (Lipinski definition) is 3. The van der Waals surface area contributed by atoms with E-state index in [9.17, 15) is 4.79 Å². The summed E-state index contributed by atoms with van der Waals surface area (Å²) in [5.41, 5.74) is 3.18. The second-order valence-electron chi connectivity index (χ2n) is 5.61. The SMILES string of the molecule is CCC1NCCN(Cc2cc(C)nc3ccccc23)C1=O. The normalized spacial score (nSPS) is 19.2. The van der Waals surface area contributed by atoms with Crippen molar-refractivity contribution in [2.24, 2.45) is 0 Å². The van der Waals surface area contributed by atoms with Gasteiger partial charge in [-0.15, -0.1) is 0 Å². The molecule has 0 radical (unpaired) electrons. The van der Waals surface area contributed by atoms with Crippen LogP contribution in [0, 0.1) is 6.92 Å². The molecule has 1 fully saturated rings. The van der Waals surface area contributed by atoms with Crippen LogP contribution in [-0.2, 0) is 11.3 Å². The van der Waals surface area contributed by atoms with E-state index in [1.165, 1.54) is 5.56 Å². The van der Waals surface area contributed by atoms with E-state index in [4.69, 9.17) is 0 Å². The van der Waals surface area contributed by atoms with Crippen molar-refractivity contribution < 1.29 is 4.79 Å². The fraction of sp³-hybridized carbons (Fsp3) is 0.412. The van der Waals surface area contributed by atoms with Gasteiger partial charge in [-0.2, -0.15) is 0 Å². The Labute approximate surface area is 125 Å². The molecule has 21 heavy (non-hydrogen) atoms. The molecule has 1 saturated heterocycles. The van der Waals surface area contributed by atoms with Crippen molar-refractivity contribution in [3.63, 3.8) is 0 Å². The minimum Gasteiger partial charge on any atom is -0.336 e. The Morgan fingerprint density at radius 1 is 1.38 bits per heavy atom. The van der Waals surface area contributed by atoms with Crippen molar-refractivity contribution in [2.75, 3.05) is 13.1 Å². The van der Waals surface area contributed by atoms with Crippen LogP contribution in [0.25, 0.3) is 10.9 Å². The Morgan fingerprint density at radius 3 is 3.00 bits per heavy atom. The lowest BCUT2D eigenvalue weighted by Gasteiger charge is -2.33. The number of nitrogens with one attached hydrogen (secondary N) is 1. The molecule has 4 nitrogen and oxygen atoms in total. The van der Waals surface area contributed by atoms with Gasteiger partial charge in [0.25, 0.3) is 0 Å². The number of hydrogen-bond donors (Lipinski definition) is 1.